The Labute approximate surface area is 132 Å². The number of hydrogen-bond donors (Lipinski definition) is 1. The van der Waals surface area contributed by atoms with E-state index in [2.05, 4.69) is 10.2 Å². The number of primary sulfonamides is 1. The van der Waals surface area contributed by atoms with Crippen LogP contribution < -0.4 is 5.14 Å². The number of nitrogens with two attached hydrogens (primary N) is 1. The first-order valence-corrected chi connectivity index (χ1v) is 8.42. The van der Waals surface area contributed by atoms with Gasteiger partial charge in [0.25, 0.3) is 15.2 Å². The average molecular weight is 349 g/mol. The summed E-state index contributed by atoms with van der Waals surface area (Å²) in [7, 11) is -3.98. The van der Waals surface area contributed by atoms with Crippen molar-refractivity contribution in [3.63, 3.8) is 0 Å². The monoisotopic (exact) mass is 348 g/mol. The van der Waals surface area contributed by atoms with E-state index in [1.807, 2.05) is 13.8 Å². The molecule has 0 unspecified atom stereocenters. The van der Waals surface area contributed by atoms with Gasteiger partial charge in [-0.15, -0.1) is 10.2 Å². The van der Waals surface area contributed by atoms with Gasteiger partial charge in [-0.1, -0.05) is 37.0 Å². The SMILES string of the molecule is CC(C)Cn1c(-c2cc(Cl)ccc2Cl)nnc1S(N)(=O)=O. The number of sulfonamides is 1. The van der Waals surface area contributed by atoms with Gasteiger partial charge in [0.05, 0.1) is 5.02 Å². The number of nitrogens with zero attached hydrogens (tertiary/aromatic N) is 3. The Morgan fingerprint density at radius 3 is 2.52 bits per heavy atom. The summed E-state index contributed by atoms with van der Waals surface area (Å²) in [6.07, 6.45) is 0. The third kappa shape index (κ3) is 3.55. The number of hydrogen-bond acceptors (Lipinski definition) is 4. The van der Waals surface area contributed by atoms with Crippen molar-refractivity contribution in [3.8, 4) is 11.4 Å². The Morgan fingerprint density at radius 2 is 1.95 bits per heavy atom. The molecular formula is C12H14Cl2N4O2S. The van der Waals surface area contributed by atoms with E-state index in [-0.39, 0.29) is 11.1 Å². The standard InChI is InChI=1S/C12H14Cl2N4O2S/c1-7(2)6-18-11(16-17-12(18)21(15,19)20)9-5-8(13)3-4-10(9)14/h3-5,7H,6H2,1-2H3,(H2,15,19,20). The van der Waals surface area contributed by atoms with Crippen LogP contribution in [-0.4, -0.2) is 23.2 Å². The topological polar surface area (TPSA) is 90.9 Å². The average Bonchev–Trinajstić information content (AvgIpc) is 2.74. The molecular weight excluding hydrogens is 335 g/mol. The summed E-state index contributed by atoms with van der Waals surface area (Å²) in [5.74, 6) is 0.485. The van der Waals surface area contributed by atoms with Crippen LogP contribution in [-0.2, 0) is 16.6 Å². The molecule has 2 N–H and O–H groups in total. The minimum Gasteiger partial charge on any atom is -0.296 e. The van der Waals surface area contributed by atoms with E-state index in [9.17, 15) is 8.42 Å². The van der Waals surface area contributed by atoms with Crippen molar-refractivity contribution >= 4 is 33.2 Å². The molecule has 0 amide bonds. The van der Waals surface area contributed by atoms with Crippen molar-refractivity contribution in [3.05, 3.63) is 28.2 Å². The molecule has 0 radical (unpaired) electrons. The van der Waals surface area contributed by atoms with Gasteiger partial charge >= 0.3 is 0 Å². The minimum atomic E-state index is -3.98. The highest BCUT2D eigenvalue weighted by Crippen LogP contribution is 2.30. The lowest BCUT2D eigenvalue weighted by molar-refractivity contribution is 0.486. The van der Waals surface area contributed by atoms with Gasteiger partial charge in [0, 0.05) is 17.1 Å². The largest absolute Gasteiger partial charge is 0.296 e. The molecule has 0 bridgehead atoms. The first kappa shape index (κ1) is 16.2. The summed E-state index contributed by atoms with van der Waals surface area (Å²) < 4.78 is 24.7. The van der Waals surface area contributed by atoms with Crippen LogP contribution in [0.25, 0.3) is 11.4 Å². The molecule has 1 heterocycles. The van der Waals surface area contributed by atoms with Crippen LogP contribution in [0, 0.1) is 5.92 Å². The molecule has 114 valence electrons. The zero-order valence-corrected chi connectivity index (χ0v) is 13.7. The Hall–Kier alpha value is -1.15. The second kappa shape index (κ2) is 5.92. The van der Waals surface area contributed by atoms with E-state index in [0.29, 0.717) is 28.0 Å². The summed E-state index contributed by atoms with van der Waals surface area (Å²) >= 11 is 12.1. The molecule has 6 nitrogen and oxygen atoms in total. The Morgan fingerprint density at radius 1 is 1.29 bits per heavy atom. The van der Waals surface area contributed by atoms with Gasteiger partial charge < -0.3 is 0 Å². The Kier molecular flexibility index (Phi) is 4.57. The first-order valence-electron chi connectivity index (χ1n) is 6.11. The second-order valence-electron chi connectivity index (χ2n) is 4.98. The van der Waals surface area contributed by atoms with Crippen LogP contribution in [0.4, 0.5) is 0 Å². The lowest BCUT2D eigenvalue weighted by Crippen LogP contribution is -2.20. The van der Waals surface area contributed by atoms with Crippen molar-refractivity contribution in [2.45, 2.75) is 25.5 Å². The number of benzene rings is 1. The highest BCUT2D eigenvalue weighted by Gasteiger charge is 2.23. The molecule has 2 rings (SSSR count). The zero-order valence-electron chi connectivity index (χ0n) is 11.4. The van der Waals surface area contributed by atoms with E-state index in [0.717, 1.165) is 0 Å². The van der Waals surface area contributed by atoms with Gasteiger partial charge in [0.15, 0.2) is 5.82 Å². The quantitative estimate of drug-likeness (QED) is 0.918. The molecule has 0 spiro atoms. The molecule has 0 aliphatic carbocycles. The number of rotatable bonds is 4. The molecule has 1 aromatic heterocycles. The molecule has 21 heavy (non-hydrogen) atoms. The van der Waals surface area contributed by atoms with Gasteiger partial charge in [0.1, 0.15) is 0 Å². The van der Waals surface area contributed by atoms with Gasteiger partial charge in [0.2, 0.25) is 0 Å². The Bertz CT molecular complexity index is 772. The number of halogens is 2. The summed E-state index contributed by atoms with van der Waals surface area (Å²) in [6.45, 7) is 4.27. The zero-order chi connectivity index (χ0) is 15.8. The van der Waals surface area contributed by atoms with Crippen molar-refractivity contribution in [2.24, 2.45) is 11.1 Å². The lowest BCUT2D eigenvalue weighted by Gasteiger charge is -2.12. The maximum Gasteiger partial charge on any atom is 0.273 e. The fourth-order valence-electron chi connectivity index (χ4n) is 1.90. The van der Waals surface area contributed by atoms with E-state index in [1.165, 1.54) is 4.57 Å². The van der Waals surface area contributed by atoms with Crippen LogP contribution in [0.5, 0.6) is 0 Å². The molecule has 0 saturated carbocycles. The maximum atomic E-state index is 11.6. The molecule has 1 aromatic carbocycles. The summed E-state index contributed by atoms with van der Waals surface area (Å²) in [5, 5.41) is 13.4. The molecule has 2 aromatic rings. The predicted molar refractivity (Wildman–Crippen MR) is 81.7 cm³/mol. The van der Waals surface area contributed by atoms with Crippen molar-refractivity contribution in [1.82, 2.24) is 14.8 Å². The van der Waals surface area contributed by atoms with Gasteiger partial charge in [-0.25, -0.2) is 13.6 Å². The molecule has 9 heteroatoms. The molecule has 0 fully saturated rings. The third-order valence-electron chi connectivity index (χ3n) is 2.69. The molecule has 0 saturated heterocycles. The summed E-state index contributed by atoms with van der Waals surface area (Å²) in [4.78, 5) is 0. The fourth-order valence-corrected chi connectivity index (χ4v) is 2.89. The van der Waals surface area contributed by atoms with Gasteiger partial charge in [-0.3, -0.25) is 4.57 Å². The maximum absolute atomic E-state index is 11.6. The van der Waals surface area contributed by atoms with E-state index >= 15 is 0 Å². The summed E-state index contributed by atoms with van der Waals surface area (Å²) in [6, 6.07) is 4.86. The third-order valence-corrected chi connectivity index (χ3v) is 4.06. The minimum absolute atomic E-state index is 0.165. The molecule has 0 aliphatic rings. The molecule has 0 atom stereocenters. The van der Waals surface area contributed by atoms with Crippen LogP contribution in [0.2, 0.25) is 10.0 Å². The highest BCUT2D eigenvalue weighted by molar-refractivity contribution is 7.89. The first-order chi connectivity index (χ1) is 9.70. The van der Waals surface area contributed by atoms with Crippen molar-refractivity contribution in [2.75, 3.05) is 0 Å². The normalized spacial score (nSPS) is 12.1. The van der Waals surface area contributed by atoms with E-state index in [4.69, 9.17) is 28.3 Å². The van der Waals surface area contributed by atoms with Crippen molar-refractivity contribution in [1.29, 1.82) is 0 Å². The van der Waals surface area contributed by atoms with Crippen LogP contribution in [0.3, 0.4) is 0 Å². The fraction of sp³-hybridized carbons (Fsp3) is 0.333. The van der Waals surface area contributed by atoms with E-state index in [1.54, 1.807) is 18.2 Å². The smallest absolute Gasteiger partial charge is 0.273 e. The van der Waals surface area contributed by atoms with Gasteiger partial charge in [-0.2, -0.15) is 0 Å². The predicted octanol–water partition coefficient (Wildman–Crippen LogP) is 2.56. The van der Waals surface area contributed by atoms with Crippen LogP contribution in [0.1, 0.15) is 13.8 Å². The van der Waals surface area contributed by atoms with Crippen molar-refractivity contribution < 1.29 is 8.42 Å². The molecule has 0 aliphatic heterocycles. The number of aromatic nitrogens is 3. The van der Waals surface area contributed by atoms with Crippen LogP contribution in [0.15, 0.2) is 23.4 Å². The highest BCUT2D eigenvalue weighted by atomic mass is 35.5. The second-order valence-corrected chi connectivity index (χ2v) is 7.28. The lowest BCUT2D eigenvalue weighted by atomic mass is 10.2. The summed E-state index contributed by atoms with van der Waals surface area (Å²) in [5.41, 5.74) is 0.507. The van der Waals surface area contributed by atoms with E-state index < -0.39 is 10.0 Å². The van der Waals surface area contributed by atoms with Gasteiger partial charge in [-0.05, 0) is 24.1 Å². The Balaban J connectivity index is 2.69. The van der Waals surface area contributed by atoms with Crippen LogP contribution >= 0.6 is 23.2 Å².